The fourth-order valence-corrected chi connectivity index (χ4v) is 2.04. The quantitative estimate of drug-likeness (QED) is 0.804. The van der Waals surface area contributed by atoms with Crippen molar-refractivity contribution in [1.82, 2.24) is 0 Å². The van der Waals surface area contributed by atoms with Crippen molar-refractivity contribution in [2.24, 2.45) is 0 Å². The zero-order valence-corrected chi connectivity index (χ0v) is 11.0. The molecule has 1 aliphatic rings. The average Bonchev–Trinajstić information content (AvgIpc) is 2.34. The van der Waals surface area contributed by atoms with Gasteiger partial charge in [-0.05, 0) is 51.0 Å². The molecule has 2 atom stereocenters. The molecule has 0 saturated carbocycles. The molecule has 0 radical (unpaired) electrons. The lowest BCUT2D eigenvalue weighted by molar-refractivity contribution is 0.202. The minimum absolute atomic E-state index is 0.201. The van der Waals surface area contributed by atoms with Gasteiger partial charge in [0.25, 0.3) is 0 Å². The highest BCUT2D eigenvalue weighted by Gasteiger charge is 2.13. The molecule has 1 aromatic rings. The van der Waals surface area contributed by atoms with Crippen molar-refractivity contribution >= 4 is 5.69 Å². The number of hydrogen-bond acceptors (Lipinski definition) is 3. The molecule has 1 aliphatic carbocycles. The topological polar surface area (TPSA) is 41.5 Å². The maximum Gasteiger partial charge on any atom is 0.119 e. The van der Waals surface area contributed by atoms with E-state index < -0.39 is 0 Å². The van der Waals surface area contributed by atoms with Gasteiger partial charge in [0.15, 0.2) is 0 Å². The Morgan fingerprint density at radius 1 is 1.17 bits per heavy atom. The van der Waals surface area contributed by atoms with Crippen LogP contribution in [0.3, 0.4) is 0 Å². The van der Waals surface area contributed by atoms with Crippen molar-refractivity contribution in [3.63, 3.8) is 0 Å². The highest BCUT2D eigenvalue weighted by atomic mass is 16.5. The molecular weight excluding hydrogens is 226 g/mol. The first-order valence-electron chi connectivity index (χ1n) is 6.53. The molecular formula is C15H21NO2. The van der Waals surface area contributed by atoms with Gasteiger partial charge in [0.05, 0.1) is 12.2 Å². The molecule has 1 aromatic carbocycles. The third kappa shape index (κ3) is 3.77. The minimum atomic E-state index is -0.273. The summed E-state index contributed by atoms with van der Waals surface area (Å²) in [5.74, 6) is 0.894. The van der Waals surface area contributed by atoms with E-state index in [1.165, 1.54) is 0 Å². The Balaban J connectivity index is 1.92. The molecule has 0 heterocycles. The first-order valence-corrected chi connectivity index (χ1v) is 6.53. The first-order chi connectivity index (χ1) is 8.63. The van der Waals surface area contributed by atoms with E-state index in [2.05, 4.69) is 5.32 Å². The summed E-state index contributed by atoms with van der Waals surface area (Å²) in [6.07, 6.45) is 5.60. The van der Waals surface area contributed by atoms with Gasteiger partial charge in [0.1, 0.15) is 5.75 Å². The van der Waals surface area contributed by atoms with Crippen LogP contribution in [0.5, 0.6) is 5.75 Å². The van der Waals surface area contributed by atoms with E-state index in [-0.39, 0.29) is 12.2 Å². The highest BCUT2D eigenvalue weighted by molar-refractivity contribution is 5.48. The van der Waals surface area contributed by atoms with Crippen molar-refractivity contribution in [2.45, 2.75) is 44.9 Å². The molecule has 18 heavy (non-hydrogen) atoms. The number of nitrogens with one attached hydrogen (secondary N) is 1. The van der Waals surface area contributed by atoms with E-state index in [0.29, 0.717) is 6.04 Å². The Hall–Kier alpha value is -1.48. The lowest BCUT2D eigenvalue weighted by Gasteiger charge is -2.22. The number of rotatable bonds is 4. The van der Waals surface area contributed by atoms with Crippen molar-refractivity contribution < 1.29 is 9.84 Å². The van der Waals surface area contributed by atoms with Crippen LogP contribution < -0.4 is 10.1 Å². The predicted molar refractivity (Wildman–Crippen MR) is 74.0 cm³/mol. The molecule has 0 fully saturated rings. The molecule has 98 valence electrons. The molecule has 3 nitrogen and oxygen atoms in total. The summed E-state index contributed by atoms with van der Waals surface area (Å²) in [5.41, 5.74) is 1.08. The predicted octanol–water partition coefficient (Wildman–Crippen LogP) is 2.97. The largest absolute Gasteiger partial charge is 0.491 e. The van der Waals surface area contributed by atoms with Crippen LogP contribution in [0.4, 0.5) is 5.69 Å². The van der Waals surface area contributed by atoms with Gasteiger partial charge >= 0.3 is 0 Å². The van der Waals surface area contributed by atoms with Gasteiger partial charge in [-0.3, -0.25) is 0 Å². The molecule has 0 aliphatic heterocycles. The van der Waals surface area contributed by atoms with E-state index in [4.69, 9.17) is 4.74 Å². The summed E-state index contributed by atoms with van der Waals surface area (Å²) in [6, 6.07) is 8.31. The number of ether oxygens (including phenoxy) is 1. The molecule has 0 bridgehead atoms. The summed E-state index contributed by atoms with van der Waals surface area (Å²) in [6.45, 7) is 4.04. The standard InChI is InChI=1S/C15H21NO2/c1-11(2)18-15-9-5-13(6-10-15)16-12-3-7-14(17)8-4-12/h3,5-7,9-12,14,16-17H,4,8H2,1-2H3/t12-,14+/m1/s1. The van der Waals surface area contributed by atoms with E-state index in [1.54, 1.807) is 0 Å². The van der Waals surface area contributed by atoms with E-state index in [0.717, 1.165) is 24.3 Å². The lowest BCUT2D eigenvalue weighted by Crippen LogP contribution is -2.23. The van der Waals surface area contributed by atoms with Crippen LogP contribution in [0.15, 0.2) is 36.4 Å². The number of hydrogen-bond donors (Lipinski definition) is 2. The first kappa shape index (κ1) is 13.0. The van der Waals surface area contributed by atoms with Crippen LogP contribution in [0.1, 0.15) is 26.7 Å². The maximum absolute atomic E-state index is 9.38. The van der Waals surface area contributed by atoms with Crippen LogP contribution in [-0.2, 0) is 0 Å². The van der Waals surface area contributed by atoms with Crippen molar-refractivity contribution in [3.05, 3.63) is 36.4 Å². The summed E-state index contributed by atoms with van der Waals surface area (Å²) >= 11 is 0. The van der Waals surface area contributed by atoms with Crippen LogP contribution in [0.2, 0.25) is 0 Å². The zero-order chi connectivity index (χ0) is 13.0. The second-order valence-electron chi connectivity index (χ2n) is 4.97. The van der Waals surface area contributed by atoms with Gasteiger partial charge < -0.3 is 15.2 Å². The Labute approximate surface area is 108 Å². The molecule has 2 rings (SSSR count). The smallest absolute Gasteiger partial charge is 0.119 e. The van der Waals surface area contributed by atoms with Gasteiger partial charge in [-0.2, -0.15) is 0 Å². The van der Waals surface area contributed by atoms with Crippen LogP contribution in [0, 0.1) is 0 Å². The van der Waals surface area contributed by atoms with Gasteiger partial charge in [0.2, 0.25) is 0 Å². The number of anilines is 1. The molecule has 0 unspecified atom stereocenters. The van der Waals surface area contributed by atoms with Crippen LogP contribution in [-0.4, -0.2) is 23.4 Å². The average molecular weight is 247 g/mol. The van der Waals surface area contributed by atoms with E-state index in [9.17, 15) is 5.11 Å². The Morgan fingerprint density at radius 3 is 2.44 bits per heavy atom. The minimum Gasteiger partial charge on any atom is -0.491 e. The van der Waals surface area contributed by atoms with Crippen molar-refractivity contribution in [2.75, 3.05) is 5.32 Å². The normalized spacial score (nSPS) is 23.1. The molecule has 0 saturated heterocycles. The number of aliphatic hydroxyl groups is 1. The number of benzene rings is 1. The summed E-state index contributed by atoms with van der Waals surface area (Å²) in [5, 5.41) is 12.8. The second-order valence-corrected chi connectivity index (χ2v) is 4.97. The third-order valence-electron chi connectivity index (χ3n) is 2.92. The van der Waals surface area contributed by atoms with Gasteiger partial charge in [0, 0.05) is 11.7 Å². The number of aliphatic hydroxyl groups excluding tert-OH is 1. The Morgan fingerprint density at radius 2 is 1.89 bits per heavy atom. The maximum atomic E-state index is 9.38. The van der Waals surface area contributed by atoms with Crippen LogP contribution in [0.25, 0.3) is 0 Å². The van der Waals surface area contributed by atoms with E-state index in [1.807, 2.05) is 50.3 Å². The fourth-order valence-electron chi connectivity index (χ4n) is 2.04. The van der Waals surface area contributed by atoms with Crippen molar-refractivity contribution in [1.29, 1.82) is 0 Å². The SMILES string of the molecule is CC(C)Oc1ccc(N[C@@H]2C=C[C@H](O)CC2)cc1. The van der Waals surface area contributed by atoms with Crippen molar-refractivity contribution in [3.8, 4) is 5.75 Å². The third-order valence-corrected chi connectivity index (χ3v) is 2.92. The molecule has 2 N–H and O–H groups in total. The van der Waals surface area contributed by atoms with Gasteiger partial charge in [-0.1, -0.05) is 12.2 Å². The second kappa shape index (κ2) is 5.91. The molecule has 3 heteroatoms. The molecule has 0 spiro atoms. The monoisotopic (exact) mass is 247 g/mol. The zero-order valence-electron chi connectivity index (χ0n) is 11.0. The van der Waals surface area contributed by atoms with Crippen LogP contribution >= 0.6 is 0 Å². The molecule has 0 aromatic heterocycles. The highest BCUT2D eigenvalue weighted by Crippen LogP contribution is 2.20. The molecule has 0 amide bonds. The summed E-state index contributed by atoms with van der Waals surface area (Å²) < 4.78 is 5.60. The summed E-state index contributed by atoms with van der Waals surface area (Å²) in [7, 11) is 0. The van der Waals surface area contributed by atoms with Gasteiger partial charge in [-0.25, -0.2) is 0 Å². The summed E-state index contributed by atoms with van der Waals surface area (Å²) in [4.78, 5) is 0. The van der Waals surface area contributed by atoms with E-state index >= 15 is 0 Å². The fraction of sp³-hybridized carbons (Fsp3) is 0.467. The van der Waals surface area contributed by atoms with Gasteiger partial charge in [-0.15, -0.1) is 0 Å². The Bertz CT molecular complexity index is 397. The lowest BCUT2D eigenvalue weighted by atomic mass is 10.0. The Kier molecular flexibility index (Phi) is 4.26.